The van der Waals surface area contributed by atoms with Crippen LogP contribution in [0.4, 0.5) is 0 Å². The normalized spacial score (nSPS) is 11.5. The molecule has 2 aromatic rings. The highest BCUT2D eigenvalue weighted by Crippen LogP contribution is 2.49. The van der Waals surface area contributed by atoms with Crippen LogP contribution in [0.15, 0.2) is 54.6 Å². The predicted octanol–water partition coefficient (Wildman–Crippen LogP) is 5.26. The highest BCUT2D eigenvalue weighted by molar-refractivity contribution is 7.63. The molecule has 100 valence electrons. The molecule has 0 aromatic heterocycles. The molecule has 2 rings (SSSR count). The van der Waals surface area contributed by atoms with Crippen molar-refractivity contribution < 1.29 is 4.57 Å². The van der Waals surface area contributed by atoms with Crippen molar-refractivity contribution in [3.63, 3.8) is 0 Å². The van der Waals surface area contributed by atoms with Crippen molar-refractivity contribution in [1.82, 2.24) is 0 Å². The lowest BCUT2D eigenvalue weighted by Crippen LogP contribution is -1.96. The molecule has 0 saturated heterocycles. The molecule has 0 spiro atoms. The summed E-state index contributed by atoms with van der Waals surface area (Å²) in [5, 5.41) is 0. The highest BCUT2D eigenvalue weighted by atomic mass is 31.2. The summed E-state index contributed by atoms with van der Waals surface area (Å²) in [6, 6.07) is 18.7. The highest BCUT2D eigenvalue weighted by Gasteiger charge is 2.19. The fourth-order valence-corrected chi connectivity index (χ4v) is 4.11. The Bertz CT molecular complexity index is 567. The molecule has 19 heavy (non-hydrogen) atoms. The van der Waals surface area contributed by atoms with Gasteiger partial charge in [0, 0.05) is 6.16 Å². The number of benzene rings is 2. The van der Waals surface area contributed by atoms with Crippen LogP contribution in [0.25, 0.3) is 11.1 Å². The SMILES string of the molecule is CCP(=O)(CC)Cc1ccccc1-c1ccccc1. The minimum Gasteiger partial charge on any atom is -0.323 e. The molecule has 0 unspecified atom stereocenters. The van der Waals surface area contributed by atoms with Gasteiger partial charge in [-0.15, -0.1) is 0 Å². The van der Waals surface area contributed by atoms with Gasteiger partial charge in [0.05, 0.1) is 7.14 Å². The van der Waals surface area contributed by atoms with E-state index < -0.39 is 7.14 Å². The van der Waals surface area contributed by atoms with E-state index in [0.717, 1.165) is 12.3 Å². The lowest BCUT2D eigenvalue weighted by atomic mass is 10.0. The average molecular weight is 272 g/mol. The van der Waals surface area contributed by atoms with Gasteiger partial charge in [0.25, 0.3) is 0 Å². The summed E-state index contributed by atoms with van der Waals surface area (Å²) in [5.74, 6) is 0. The zero-order valence-electron chi connectivity index (χ0n) is 11.7. The zero-order valence-corrected chi connectivity index (χ0v) is 12.6. The molecule has 0 radical (unpaired) electrons. The Balaban J connectivity index is 2.40. The minimum atomic E-state index is -2.05. The third-order valence-electron chi connectivity index (χ3n) is 3.71. The molecule has 0 aliphatic carbocycles. The van der Waals surface area contributed by atoms with Crippen molar-refractivity contribution in [3.05, 3.63) is 60.2 Å². The first-order valence-corrected chi connectivity index (χ1v) is 9.15. The largest absolute Gasteiger partial charge is 0.323 e. The molecule has 0 heterocycles. The summed E-state index contributed by atoms with van der Waals surface area (Å²) in [6.45, 7) is 4.07. The number of hydrogen-bond acceptors (Lipinski definition) is 1. The van der Waals surface area contributed by atoms with Gasteiger partial charge in [-0.1, -0.05) is 68.4 Å². The molecule has 0 aliphatic heterocycles. The first kappa shape index (κ1) is 14.1. The summed E-state index contributed by atoms with van der Waals surface area (Å²) < 4.78 is 12.7. The van der Waals surface area contributed by atoms with Gasteiger partial charge >= 0.3 is 0 Å². The van der Waals surface area contributed by atoms with Gasteiger partial charge in [0.15, 0.2) is 0 Å². The van der Waals surface area contributed by atoms with Crippen LogP contribution < -0.4 is 0 Å². The second kappa shape index (κ2) is 6.21. The molecular weight excluding hydrogens is 251 g/mol. The quantitative estimate of drug-likeness (QED) is 0.679. The third kappa shape index (κ3) is 3.36. The van der Waals surface area contributed by atoms with Gasteiger partial charge in [-0.3, -0.25) is 0 Å². The van der Waals surface area contributed by atoms with Crippen LogP contribution in [0.2, 0.25) is 0 Å². The third-order valence-corrected chi connectivity index (χ3v) is 6.94. The first-order valence-electron chi connectivity index (χ1n) is 6.89. The number of hydrogen-bond donors (Lipinski definition) is 0. The molecule has 0 saturated carbocycles. The summed E-state index contributed by atoms with van der Waals surface area (Å²) in [4.78, 5) is 0. The van der Waals surface area contributed by atoms with Crippen molar-refractivity contribution in [2.75, 3.05) is 12.3 Å². The van der Waals surface area contributed by atoms with Crippen LogP contribution in [-0.2, 0) is 10.7 Å². The molecule has 0 amide bonds. The maximum Gasteiger partial charge on any atom is 0.0914 e. The molecule has 0 bridgehead atoms. The fourth-order valence-electron chi connectivity index (χ4n) is 2.32. The van der Waals surface area contributed by atoms with Gasteiger partial charge < -0.3 is 4.57 Å². The minimum absolute atomic E-state index is 0.713. The van der Waals surface area contributed by atoms with Crippen molar-refractivity contribution in [2.45, 2.75) is 20.0 Å². The maximum atomic E-state index is 12.7. The van der Waals surface area contributed by atoms with Crippen LogP contribution in [0.3, 0.4) is 0 Å². The Morgan fingerprint density at radius 2 is 1.42 bits per heavy atom. The van der Waals surface area contributed by atoms with Crippen molar-refractivity contribution in [3.8, 4) is 11.1 Å². The molecule has 0 atom stereocenters. The second-order valence-electron chi connectivity index (χ2n) is 4.87. The Labute approximate surface area is 116 Å². The van der Waals surface area contributed by atoms with E-state index >= 15 is 0 Å². The topological polar surface area (TPSA) is 17.1 Å². The van der Waals surface area contributed by atoms with E-state index in [1.165, 1.54) is 16.7 Å². The monoisotopic (exact) mass is 272 g/mol. The van der Waals surface area contributed by atoms with E-state index in [1.54, 1.807) is 0 Å². The molecular formula is C17H21OP. The van der Waals surface area contributed by atoms with Crippen LogP contribution in [-0.4, -0.2) is 12.3 Å². The van der Waals surface area contributed by atoms with E-state index in [9.17, 15) is 4.57 Å². The second-order valence-corrected chi connectivity index (χ2v) is 8.57. The smallest absolute Gasteiger partial charge is 0.0914 e. The predicted molar refractivity (Wildman–Crippen MR) is 84.3 cm³/mol. The summed E-state index contributed by atoms with van der Waals surface area (Å²) in [7, 11) is -2.05. The van der Waals surface area contributed by atoms with Crippen LogP contribution in [0.1, 0.15) is 19.4 Å². The zero-order chi connectivity index (χ0) is 13.7. The molecule has 1 nitrogen and oxygen atoms in total. The van der Waals surface area contributed by atoms with E-state index in [-0.39, 0.29) is 0 Å². The summed E-state index contributed by atoms with van der Waals surface area (Å²) >= 11 is 0. The van der Waals surface area contributed by atoms with Crippen LogP contribution in [0, 0.1) is 0 Å². The van der Waals surface area contributed by atoms with Gasteiger partial charge in [-0.25, -0.2) is 0 Å². The Hall–Kier alpha value is -1.33. The van der Waals surface area contributed by atoms with Crippen molar-refractivity contribution in [2.24, 2.45) is 0 Å². The van der Waals surface area contributed by atoms with E-state index in [1.807, 2.05) is 38.1 Å². The molecule has 2 aromatic carbocycles. The van der Waals surface area contributed by atoms with E-state index in [4.69, 9.17) is 0 Å². The van der Waals surface area contributed by atoms with Crippen LogP contribution in [0.5, 0.6) is 0 Å². The molecule has 2 heteroatoms. The summed E-state index contributed by atoms with van der Waals surface area (Å²) in [6.07, 6.45) is 2.28. The molecule has 0 aliphatic rings. The van der Waals surface area contributed by atoms with Gasteiger partial charge in [-0.2, -0.15) is 0 Å². The van der Waals surface area contributed by atoms with Gasteiger partial charge in [0.2, 0.25) is 0 Å². The molecule has 0 N–H and O–H groups in total. The van der Waals surface area contributed by atoms with Gasteiger partial charge in [0.1, 0.15) is 0 Å². The maximum absolute atomic E-state index is 12.7. The van der Waals surface area contributed by atoms with Crippen molar-refractivity contribution in [1.29, 1.82) is 0 Å². The van der Waals surface area contributed by atoms with E-state index in [2.05, 4.69) is 30.3 Å². The standard InChI is InChI=1S/C17H21OP/c1-3-19(18,4-2)14-16-12-8-9-13-17(16)15-10-6-5-7-11-15/h5-13H,3-4,14H2,1-2H3. The fraction of sp³-hybridized carbons (Fsp3) is 0.294. The van der Waals surface area contributed by atoms with Crippen molar-refractivity contribution >= 4 is 7.14 Å². The average Bonchev–Trinajstić information content (AvgIpc) is 2.48. The van der Waals surface area contributed by atoms with Gasteiger partial charge in [-0.05, 0) is 29.0 Å². The Morgan fingerprint density at radius 1 is 0.842 bits per heavy atom. The summed E-state index contributed by atoms with van der Waals surface area (Å²) in [5.41, 5.74) is 3.63. The Kier molecular flexibility index (Phi) is 4.61. The van der Waals surface area contributed by atoms with Crippen LogP contribution >= 0.6 is 7.14 Å². The number of rotatable bonds is 5. The first-order chi connectivity index (χ1) is 9.18. The van der Waals surface area contributed by atoms with E-state index in [0.29, 0.717) is 6.16 Å². The lowest BCUT2D eigenvalue weighted by molar-refractivity contribution is 0.575. The molecule has 0 fully saturated rings. The Morgan fingerprint density at radius 3 is 2.05 bits per heavy atom. The lowest BCUT2D eigenvalue weighted by Gasteiger charge is -2.17.